The summed E-state index contributed by atoms with van der Waals surface area (Å²) >= 11 is 0. The first kappa shape index (κ1) is 18.3. The van der Waals surface area contributed by atoms with Crippen molar-refractivity contribution >= 4 is 27.4 Å². The van der Waals surface area contributed by atoms with Gasteiger partial charge in [-0.15, -0.1) is 0 Å². The van der Waals surface area contributed by atoms with Gasteiger partial charge in [-0.2, -0.15) is 0 Å². The monoisotopic (exact) mass is 328 g/mol. The highest BCUT2D eigenvalue weighted by atomic mass is 32.2. The molecular weight excluding hydrogens is 304 g/mol. The number of hydrogen-bond donors (Lipinski definition) is 1. The number of sulfonamides is 1. The fourth-order valence-corrected chi connectivity index (χ4v) is 2.35. The number of rotatable bonds is 5. The molecule has 1 aromatic rings. The molecular formula is C15H24N2O4S. The lowest BCUT2D eigenvalue weighted by atomic mass is 10.1. The first-order valence-electron chi connectivity index (χ1n) is 6.94. The maximum absolute atomic E-state index is 11.7. The Morgan fingerprint density at radius 3 is 2.41 bits per heavy atom. The van der Waals surface area contributed by atoms with E-state index in [0.717, 1.165) is 16.1 Å². The summed E-state index contributed by atoms with van der Waals surface area (Å²) in [6.45, 7) is 5.44. The quantitative estimate of drug-likeness (QED) is 0.659. The summed E-state index contributed by atoms with van der Waals surface area (Å²) in [4.78, 5) is 11.7. The van der Waals surface area contributed by atoms with Gasteiger partial charge >= 0.3 is 5.97 Å². The molecule has 1 rings (SSSR count). The number of anilines is 2. The van der Waals surface area contributed by atoms with Crippen LogP contribution in [0.25, 0.3) is 0 Å². The van der Waals surface area contributed by atoms with Crippen LogP contribution >= 0.6 is 0 Å². The molecule has 2 N–H and O–H groups in total. The summed E-state index contributed by atoms with van der Waals surface area (Å²) in [5.41, 5.74) is 6.92. The van der Waals surface area contributed by atoms with Crippen molar-refractivity contribution in [1.29, 1.82) is 0 Å². The fraction of sp³-hybridized carbons (Fsp3) is 0.533. The standard InChI is InChI=1S/C15H24N2O4S/c1-15(2,3)21-14(18)9-7-11-6-8-12(16)13(10-11)17(4)22(5,19)20/h6,8,10H,7,9,16H2,1-5H3. The van der Waals surface area contributed by atoms with Crippen molar-refractivity contribution in [2.45, 2.75) is 39.2 Å². The van der Waals surface area contributed by atoms with Crippen LogP contribution < -0.4 is 10.0 Å². The largest absolute Gasteiger partial charge is 0.460 e. The maximum Gasteiger partial charge on any atom is 0.306 e. The number of ether oxygens (including phenoxy) is 1. The van der Waals surface area contributed by atoms with Crippen molar-refractivity contribution in [3.8, 4) is 0 Å². The SMILES string of the molecule is CN(c1cc(CCC(=O)OC(C)(C)C)ccc1N)S(C)(=O)=O. The highest BCUT2D eigenvalue weighted by Gasteiger charge is 2.18. The van der Waals surface area contributed by atoms with E-state index < -0.39 is 15.6 Å². The van der Waals surface area contributed by atoms with Crippen LogP contribution in [0, 0.1) is 0 Å². The Morgan fingerprint density at radius 1 is 1.32 bits per heavy atom. The van der Waals surface area contributed by atoms with Gasteiger partial charge in [-0.25, -0.2) is 8.42 Å². The molecule has 0 radical (unpaired) electrons. The van der Waals surface area contributed by atoms with Crippen molar-refractivity contribution in [2.24, 2.45) is 0 Å². The van der Waals surface area contributed by atoms with E-state index in [1.165, 1.54) is 7.05 Å². The lowest BCUT2D eigenvalue weighted by molar-refractivity contribution is -0.154. The van der Waals surface area contributed by atoms with Crippen LogP contribution in [0.3, 0.4) is 0 Å². The molecule has 0 saturated heterocycles. The van der Waals surface area contributed by atoms with Crippen LogP contribution in [0.1, 0.15) is 32.8 Å². The minimum absolute atomic E-state index is 0.225. The van der Waals surface area contributed by atoms with Crippen LogP contribution in [0.5, 0.6) is 0 Å². The van der Waals surface area contributed by atoms with Crippen LogP contribution in [0.4, 0.5) is 11.4 Å². The predicted molar refractivity (Wildman–Crippen MR) is 88.3 cm³/mol. The number of nitrogens with zero attached hydrogens (tertiary/aromatic N) is 1. The summed E-state index contributed by atoms with van der Waals surface area (Å²) < 4.78 is 29.6. The van der Waals surface area contributed by atoms with Crippen LogP contribution in [-0.4, -0.2) is 33.3 Å². The van der Waals surface area contributed by atoms with Gasteiger partial charge in [0.1, 0.15) is 5.60 Å². The number of hydrogen-bond acceptors (Lipinski definition) is 5. The summed E-state index contributed by atoms with van der Waals surface area (Å²) in [5, 5.41) is 0. The van der Waals surface area contributed by atoms with E-state index in [9.17, 15) is 13.2 Å². The zero-order chi connectivity index (χ0) is 17.1. The van der Waals surface area contributed by atoms with Crippen LogP contribution in [0.2, 0.25) is 0 Å². The Kier molecular flexibility index (Phi) is 5.45. The Morgan fingerprint density at radius 2 is 1.91 bits per heavy atom. The van der Waals surface area contributed by atoms with E-state index in [0.29, 0.717) is 17.8 Å². The smallest absolute Gasteiger partial charge is 0.306 e. The van der Waals surface area contributed by atoms with Crippen molar-refractivity contribution in [3.05, 3.63) is 23.8 Å². The lowest BCUT2D eigenvalue weighted by Crippen LogP contribution is -2.26. The number of carbonyl (C=O) groups is 1. The molecule has 0 bridgehead atoms. The molecule has 0 aliphatic heterocycles. The van der Waals surface area contributed by atoms with Gasteiger partial charge in [0, 0.05) is 13.5 Å². The molecule has 124 valence electrons. The maximum atomic E-state index is 11.7. The average Bonchev–Trinajstić information content (AvgIpc) is 2.33. The normalized spacial score (nSPS) is 12.0. The van der Waals surface area contributed by atoms with Gasteiger partial charge in [0.15, 0.2) is 0 Å². The number of benzene rings is 1. The van der Waals surface area contributed by atoms with Crippen LogP contribution in [0.15, 0.2) is 18.2 Å². The van der Waals surface area contributed by atoms with Crippen molar-refractivity contribution in [3.63, 3.8) is 0 Å². The van der Waals surface area contributed by atoms with E-state index in [1.807, 2.05) is 20.8 Å². The summed E-state index contributed by atoms with van der Waals surface area (Å²) in [6, 6.07) is 5.10. The zero-order valence-electron chi connectivity index (χ0n) is 13.7. The van der Waals surface area contributed by atoms with Gasteiger partial charge in [0.25, 0.3) is 0 Å². The number of esters is 1. The van der Waals surface area contributed by atoms with Gasteiger partial charge in [0.05, 0.1) is 17.6 Å². The molecule has 6 nitrogen and oxygen atoms in total. The van der Waals surface area contributed by atoms with Crippen molar-refractivity contribution < 1.29 is 17.9 Å². The Hall–Kier alpha value is -1.76. The Bertz CT molecular complexity index is 648. The first-order chi connectivity index (χ1) is 9.90. The van der Waals surface area contributed by atoms with Crippen molar-refractivity contribution in [1.82, 2.24) is 0 Å². The molecule has 0 aliphatic rings. The second-order valence-electron chi connectivity index (χ2n) is 6.21. The fourth-order valence-electron chi connectivity index (χ4n) is 1.84. The van der Waals surface area contributed by atoms with Gasteiger partial charge < -0.3 is 10.5 Å². The summed E-state index contributed by atoms with van der Waals surface area (Å²) in [6.07, 6.45) is 1.79. The lowest BCUT2D eigenvalue weighted by Gasteiger charge is -2.20. The zero-order valence-corrected chi connectivity index (χ0v) is 14.5. The number of nitrogens with two attached hydrogens (primary N) is 1. The second kappa shape index (κ2) is 6.56. The molecule has 22 heavy (non-hydrogen) atoms. The molecule has 0 atom stereocenters. The highest BCUT2D eigenvalue weighted by molar-refractivity contribution is 7.92. The average molecular weight is 328 g/mol. The van der Waals surface area contributed by atoms with Gasteiger partial charge in [0.2, 0.25) is 10.0 Å². The van der Waals surface area contributed by atoms with Gasteiger partial charge in [-0.1, -0.05) is 6.07 Å². The molecule has 0 amide bonds. The molecule has 0 saturated carbocycles. The third-order valence-corrected chi connectivity index (χ3v) is 4.16. The number of nitrogen functional groups attached to an aromatic ring is 1. The molecule has 1 aromatic carbocycles. The molecule has 0 spiro atoms. The Labute approximate surface area is 132 Å². The van der Waals surface area contributed by atoms with Gasteiger partial charge in [-0.3, -0.25) is 9.10 Å². The minimum Gasteiger partial charge on any atom is -0.460 e. The topological polar surface area (TPSA) is 89.7 Å². The van der Waals surface area contributed by atoms with Crippen molar-refractivity contribution in [2.75, 3.05) is 23.3 Å². The third-order valence-electron chi connectivity index (χ3n) is 2.97. The van der Waals surface area contributed by atoms with E-state index in [1.54, 1.807) is 18.2 Å². The molecule has 0 aliphatic carbocycles. The molecule has 0 fully saturated rings. The predicted octanol–water partition coefficient (Wildman–Crippen LogP) is 1.94. The van der Waals surface area contributed by atoms with E-state index in [4.69, 9.17) is 10.5 Å². The van der Waals surface area contributed by atoms with Crippen LogP contribution in [-0.2, 0) is 26.0 Å². The second-order valence-corrected chi connectivity index (χ2v) is 8.22. The molecule has 7 heteroatoms. The molecule has 0 aromatic heterocycles. The number of carbonyl (C=O) groups excluding carboxylic acids is 1. The first-order valence-corrected chi connectivity index (χ1v) is 8.79. The third kappa shape index (κ3) is 5.55. The molecule has 0 unspecified atom stereocenters. The molecule has 0 heterocycles. The Balaban J connectivity index is 2.84. The summed E-state index contributed by atoms with van der Waals surface area (Å²) in [7, 11) is -1.95. The van der Waals surface area contributed by atoms with E-state index in [2.05, 4.69) is 0 Å². The van der Waals surface area contributed by atoms with E-state index in [-0.39, 0.29) is 12.4 Å². The minimum atomic E-state index is -3.39. The number of aryl methyl sites for hydroxylation is 1. The summed E-state index contributed by atoms with van der Waals surface area (Å²) in [5.74, 6) is -0.289. The van der Waals surface area contributed by atoms with E-state index >= 15 is 0 Å². The van der Waals surface area contributed by atoms with Gasteiger partial charge in [-0.05, 0) is 44.9 Å². The highest BCUT2D eigenvalue weighted by Crippen LogP contribution is 2.26.